The van der Waals surface area contributed by atoms with Gasteiger partial charge >= 0.3 is 0 Å². The van der Waals surface area contributed by atoms with E-state index >= 15 is 0 Å². The first kappa shape index (κ1) is 12.7. The number of halogens is 1. The van der Waals surface area contributed by atoms with Gasteiger partial charge in [0, 0.05) is 22.7 Å². The van der Waals surface area contributed by atoms with Crippen molar-refractivity contribution in [2.45, 2.75) is 31.5 Å². The number of pyridine rings is 1. The molecule has 0 saturated heterocycles. The fourth-order valence-corrected chi connectivity index (χ4v) is 3.72. The van der Waals surface area contributed by atoms with Crippen molar-refractivity contribution in [3.05, 3.63) is 45.7 Å². The molecule has 0 radical (unpaired) electrons. The van der Waals surface area contributed by atoms with Crippen LogP contribution >= 0.6 is 27.3 Å². The van der Waals surface area contributed by atoms with E-state index in [4.69, 9.17) is 0 Å². The van der Waals surface area contributed by atoms with Gasteiger partial charge in [0.2, 0.25) is 0 Å². The van der Waals surface area contributed by atoms with Crippen LogP contribution in [0.4, 0.5) is 0 Å². The van der Waals surface area contributed by atoms with E-state index in [-0.39, 0.29) is 4.83 Å². The standard InChI is InChI=1S/C13H15BrN2S/c1-8(11-6-4-5-7-15-11)12(14)13-9(2)16-10(3)17-13/h4-8,12H,1-3H3. The minimum atomic E-state index is 0.281. The Bertz CT molecular complexity index is 495. The van der Waals surface area contributed by atoms with Crippen LogP contribution in [0.5, 0.6) is 0 Å². The quantitative estimate of drug-likeness (QED) is 0.785. The highest BCUT2D eigenvalue weighted by Gasteiger charge is 2.22. The molecule has 2 aromatic heterocycles. The maximum atomic E-state index is 4.48. The lowest BCUT2D eigenvalue weighted by Gasteiger charge is -2.16. The third-order valence-electron chi connectivity index (χ3n) is 2.78. The maximum absolute atomic E-state index is 4.48. The van der Waals surface area contributed by atoms with Gasteiger partial charge in [-0.1, -0.05) is 28.9 Å². The molecule has 0 aliphatic heterocycles. The maximum Gasteiger partial charge on any atom is 0.0900 e. The predicted octanol–water partition coefficient (Wildman–Crippen LogP) is 4.39. The highest BCUT2D eigenvalue weighted by Crippen LogP contribution is 2.40. The minimum Gasteiger partial charge on any atom is -0.261 e. The van der Waals surface area contributed by atoms with Crippen LogP contribution in [0, 0.1) is 13.8 Å². The number of alkyl halides is 1. The average Bonchev–Trinajstić information content (AvgIpc) is 2.68. The molecular weight excluding hydrogens is 296 g/mol. The molecule has 90 valence electrons. The molecule has 0 amide bonds. The third kappa shape index (κ3) is 2.75. The Labute approximate surface area is 114 Å². The molecule has 0 saturated carbocycles. The molecule has 2 nitrogen and oxygen atoms in total. The van der Waals surface area contributed by atoms with Crippen LogP contribution in [-0.2, 0) is 0 Å². The van der Waals surface area contributed by atoms with Gasteiger partial charge < -0.3 is 0 Å². The van der Waals surface area contributed by atoms with Crippen LogP contribution < -0.4 is 0 Å². The zero-order valence-electron chi connectivity index (χ0n) is 10.1. The lowest BCUT2D eigenvalue weighted by molar-refractivity contribution is 0.728. The Morgan fingerprint density at radius 3 is 2.59 bits per heavy atom. The van der Waals surface area contributed by atoms with Crippen molar-refractivity contribution in [2.24, 2.45) is 0 Å². The van der Waals surface area contributed by atoms with Crippen molar-refractivity contribution in [1.82, 2.24) is 9.97 Å². The molecule has 0 aromatic carbocycles. The number of rotatable bonds is 3. The van der Waals surface area contributed by atoms with Crippen molar-refractivity contribution in [1.29, 1.82) is 0 Å². The molecule has 2 atom stereocenters. The summed E-state index contributed by atoms with van der Waals surface area (Å²) in [6.45, 7) is 6.31. The second-order valence-corrected chi connectivity index (χ2v) is 6.35. The summed E-state index contributed by atoms with van der Waals surface area (Å²) in [4.78, 5) is 10.5. The number of aryl methyl sites for hydroxylation is 2. The van der Waals surface area contributed by atoms with Gasteiger partial charge in [-0.25, -0.2) is 4.98 Å². The van der Waals surface area contributed by atoms with Gasteiger partial charge in [0.1, 0.15) is 0 Å². The highest BCUT2D eigenvalue weighted by molar-refractivity contribution is 9.09. The number of hydrogen-bond acceptors (Lipinski definition) is 3. The molecule has 2 unspecified atom stereocenters. The normalized spacial score (nSPS) is 14.6. The molecule has 2 rings (SSSR count). The summed E-state index contributed by atoms with van der Waals surface area (Å²) in [5.41, 5.74) is 2.23. The smallest absolute Gasteiger partial charge is 0.0900 e. The topological polar surface area (TPSA) is 25.8 Å². The molecule has 0 spiro atoms. The van der Waals surface area contributed by atoms with Crippen molar-refractivity contribution >= 4 is 27.3 Å². The fourth-order valence-electron chi connectivity index (χ4n) is 1.83. The molecule has 0 aliphatic rings. The predicted molar refractivity (Wildman–Crippen MR) is 75.9 cm³/mol. The summed E-state index contributed by atoms with van der Waals surface area (Å²) < 4.78 is 0. The summed E-state index contributed by atoms with van der Waals surface area (Å²) in [5.74, 6) is 0.342. The first-order chi connectivity index (χ1) is 8.09. The van der Waals surface area contributed by atoms with Gasteiger partial charge in [0.05, 0.1) is 15.5 Å². The molecular formula is C13H15BrN2S. The van der Waals surface area contributed by atoms with E-state index in [9.17, 15) is 0 Å². The van der Waals surface area contributed by atoms with Crippen molar-refractivity contribution < 1.29 is 0 Å². The van der Waals surface area contributed by atoms with Crippen molar-refractivity contribution in [2.75, 3.05) is 0 Å². The first-order valence-electron chi connectivity index (χ1n) is 5.58. The van der Waals surface area contributed by atoms with Crippen molar-refractivity contribution in [3.8, 4) is 0 Å². The molecule has 0 fully saturated rings. The summed E-state index contributed by atoms with van der Waals surface area (Å²) in [7, 11) is 0. The van der Waals surface area contributed by atoms with E-state index in [1.54, 1.807) is 11.3 Å². The summed E-state index contributed by atoms with van der Waals surface area (Å²) in [5, 5.41) is 1.12. The lowest BCUT2D eigenvalue weighted by atomic mass is 10.0. The van der Waals surface area contributed by atoms with E-state index in [1.165, 1.54) is 4.88 Å². The summed E-state index contributed by atoms with van der Waals surface area (Å²) in [6.07, 6.45) is 1.84. The van der Waals surface area contributed by atoms with E-state index in [0.29, 0.717) is 5.92 Å². The van der Waals surface area contributed by atoms with E-state index in [0.717, 1.165) is 16.4 Å². The van der Waals surface area contributed by atoms with Gasteiger partial charge in [-0.2, -0.15) is 0 Å². The molecule has 2 heterocycles. The Morgan fingerprint density at radius 2 is 2.06 bits per heavy atom. The third-order valence-corrected chi connectivity index (χ3v) is 5.49. The Hall–Kier alpha value is -0.740. The van der Waals surface area contributed by atoms with Gasteiger partial charge in [0.25, 0.3) is 0 Å². The van der Waals surface area contributed by atoms with E-state index in [1.807, 2.05) is 25.3 Å². The SMILES string of the molecule is Cc1nc(C)c(C(Br)C(C)c2ccccn2)s1. The zero-order chi connectivity index (χ0) is 12.4. The van der Waals surface area contributed by atoms with Gasteiger partial charge in [-0.3, -0.25) is 4.98 Å². The molecule has 0 N–H and O–H groups in total. The Balaban J connectivity index is 2.26. The van der Waals surface area contributed by atoms with Crippen LogP contribution in [0.25, 0.3) is 0 Å². The van der Waals surface area contributed by atoms with E-state index in [2.05, 4.69) is 45.8 Å². The van der Waals surface area contributed by atoms with Crippen LogP contribution in [0.1, 0.15) is 38.9 Å². The lowest BCUT2D eigenvalue weighted by Crippen LogP contribution is -2.03. The first-order valence-corrected chi connectivity index (χ1v) is 7.31. The summed E-state index contributed by atoms with van der Waals surface area (Å²) >= 11 is 5.54. The van der Waals surface area contributed by atoms with Crippen LogP contribution in [0.3, 0.4) is 0 Å². The molecule has 0 aliphatic carbocycles. The van der Waals surface area contributed by atoms with Crippen LogP contribution in [0.15, 0.2) is 24.4 Å². The molecule has 2 aromatic rings. The number of hydrogen-bond donors (Lipinski definition) is 0. The van der Waals surface area contributed by atoms with E-state index < -0.39 is 0 Å². The van der Waals surface area contributed by atoms with Gasteiger partial charge in [-0.15, -0.1) is 11.3 Å². The largest absolute Gasteiger partial charge is 0.261 e. The average molecular weight is 311 g/mol. The second kappa shape index (κ2) is 5.27. The van der Waals surface area contributed by atoms with Crippen LogP contribution in [-0.4, -0.2) is 9.97 Å². The monoisotopic (exact) mass is 310 g/mol. The van der Waals surface area contributed by atoms with Gasteiger partial charge in [0.15, 0.2) is 0 Å². The second-order valence-electron chi connectivity index (χ2n) is 4.13. The van der Waals surface area contributed by atoms with Crippen LogP contribution in [0.2, 0.25) is 0 Å². The number of aromatic nitrogens is 2. The number of nitrogens with zero attached hydrogens (tertiary/aromatic N) is 2. The Kier molecular flexibility index (Phi) is 3.94. The number of thiazole rings is 1. The molecule has 0 bridgehead atoms. The molecule has 4 heteroatoms. The summed E-state index contributed by atoms with van der Waals surface area (Å²) in [6, 6.07) is 6.05. The minimum absolute atomic E-state index is 0.281. The fraction of sp³-hybridized carbons (Fsp3) is 0.385. The Morgan fingerprint density at radius 1 is 1.29 bits per heavy atom. The molecule has 17 heavy (non-hydrogen) atoms. The highest BCUT2D eigenvalue weighted by atomic mass is 79.9. The van der Waals surface area contributed by atoms with Gasteiger partial charge in [-0.05, 0) is 26.0 Å². The zero-order valence-corrected chi connectivity index (χ0v) is 12.5. The van der Waals surface area contributed by atoms with Crippen molar-refractivity contribution in [3.63, 3.8) is 0 Å².